The quantitative estimate of drug-likeness (QED) is 0.784. The Morgan fingerprint density at radius 3 is 2.48 bits per heavy atom. The Kier molecular flexibility index (Phi) is 6.33. The van der Waals surface area contributed by atoms with Crippen molar-refractivity contribution in [3.05, 3.63) is 24.3 Å². The van der Waals surface area contributed by atoms with Crippen molar-refractivity contribution < 1.29 is 9.47 Å². The van der Waals surface area contributed by atoms with E-state index in [4.69, 9.17) is 9.47 Å². The molecular formula is C17H28N2O2. The topological polar surface area (TPSA) is 33.7 Å². The molecule has 0 spiro atoms. The molecule has 1 aliphatic heterocycles. The summed E-state index contributed by atoms with van der Waals surface area (Å²) in [5, 5.41) is 3.62. The molecule has 1 aliphatic rings. The van der Waals surface area contributed by atoms with Gasteiger partial charge in [-0.15, -0.1) is 0 Å². The molecule has 1 aromatic rings. The van der Waals surface area contributed by atoms with Crippen molar-refractivity contribution in [1.29, 1.82) is 0 Å². The third-order valence-electron chi connectivity index (χ3n) is 4.28. The Morgan fingerprint density at radius 1 is 1.19 bits per heavy atom. The lowest BCUT2D eigenvalue weighted by Crippen LogP contribution is -2.37. The van der Waals surface area contributed by atoms with E-state index in [0.717, 1.165) is 11.7 Å². The molecule has 0 aromatic heterocycles. The molecule has 1 atom stereocenters. The van der Waals surface area contributed by atoms with Crippen LogP contribution in [0.3, 0.4) is 0 Å². The van der Waals surface area contributed by atoms with Crippen LogP contribution in [0.5, 0.6) is 5.75 Å². The van der Waals surface area contributed by atoms with E-state index in [9.17, 15) is 0 Å². The maximum absolute atomic E-state index is 5.58. The van der Waals surface area contributed by atoms with Gasteiger partial charge in [0.15, 0.2) is 0 Å². The Hall–Kier alpha value is -1.26. The van der Waals surface area contributed by atoms with Gasteiger partial charge in [0, 0.05) is 18.8 Å². The molecule has 1 unspecified atom stereocenters. The number of hydrogen-bond acceptors (Lipinski definition) is 4. The SMILES string of the molecule is COCCOc1ccc(NC(C)C2CCN(C)CC2)cc1. The fourth-order valence-corrected chi connectivity index (χ4v) is 2.80. The van der Waals surface area contributed by atoms with Gasteiger partial charge in [-0.3, -0.25) is 0 Å². The summed E-state index contributed by atoms with van der Waals surface area (Å²) in [5.74, 6) is 1.66. The number of likely N-dealkylation sites (tertiary alicyclic amines) is 1. The van der Waals surface area contributed by atoms with Gasteiger partial charge in [0.25, 0.3) is 0 Å². The van der Waals surface area contributed by atoms with Gasteiger partial charge in [-0.1, -0.05) is 0 Å². The second-order valence-electron chi connectivity index (χ2n) is 5.94. The van der Waals surface area contributed by atoms with Crippen LogP contribution in [0.15, 0.2) is 24.3 Å². The predicted molar refractivity (Wildman–Crippen MR) is 87.1 cm³/mol. The summed E-state index contributed by atoms with van der Waals surface area (Å²) >= 11 is 0. The zero-order valence-electron chi connectivity index (χ0n) is 13.5. The first-order valence-corrected chi connectivity index (χ1v) is 7.86. The van der Waals surface area contributed by atoms with Crippen LogP contribution >= 0.6 is 0 Å². The van der Waals surface area contributed by atoms with Crippen molar-refractivity contribution in [2.24, 2.45) is 5.92 Å². The number of methoxy groups -OCH3 is 1. The number of hydrogen-bond donors (Lipinski definition) is 1. The largest absolute Gasteiger partial charge is 0.491 e. The van der Waals surface area contributed by atoms with E-state index in [1.54, 1.807) is 7.11 Å². The Labute approximate surface area is 128 Å². The highest BCUT2D eigenvalue weighted by atomic mass is 16.5. The van der Waals surface area contributed by atoms with Crippen LogP contribution in [0.2, 0.25) is 0 Å². The molecule has 2 rings (SSSR count). The Balaban J connectivity index is 1.79. The summed E-state index contributed by atoms with van der Waals surface area (Å²) in [7, 11) is 3.89. The molecule has 118 valence electrons. The zero-order chi connectivity index (χ0) is 15.1. The van der Waals surface area contributed by atoms with E-state index in [1.165, 1.54) is 31.6 Å². The lowest BCUT2D eigenvalue weighted by Gasteiger charge is -2.33. The van der Waals surface area contributed by atoms with Gasteiger partial charge in [-0.2, -0.15) is 0 Å². The molecule has 1 fully saturated rings. The molecule has 21 heavy (non-hydrogen) atoms. The third-order valence-corrected chi connectivity index (χ3v) is 4.28. The average molecular weight is 292 g/mol. The lowest BCUT2D eigenvalue weighted by atomic mass is 9.90. The number of anilines is 1. The van der Waals surface area contributed by atoms with Crippen molar-refractivity contribution in [3.63, 3.8) is 0 Å². The van der Waals surface area contributed by atoms with E-state index in [-0.39, 0.29) is 0 Å². The molecule has 0 saturated carbocycles. The summed E-state index contributed by atoms with van der Waals surface area (Å²) in [5.41, 5.74) is 1.17. The summed E-state index contributed by atoms with van der Waals surface area (Å²) < 4.78 is 10.6. The van der Waals surface area contributed by atoms with Gasteiger partial charge in [-0.05, 0) is 70.1 Å². The summed E-state index contributed by atoms with van der Waals surface area (Å²) in [4.78, 5) is 2.41. The van der Waals surface area contributed by atoms with Gasteiger partial charge in [-0.25, -0.2) is 0 Å². The minimum absolute atomic E-state index is 0.513. The van der Waals surface area contributed by atoms with Gasteiger partial charge >= 0.3 is 0 Å². The Bertz CT molecular complexity index is 400. The van der Waals surface area contributed by atoms with Crippen molar-refractivity contribution in [2.75, 3.05) is 45.8 Å². The van der Waals surface area contributed by atoms with Gasteiger partial charge in [0.1, 0.15) is 12.4 Å². The highest BCUT2D eigenvalue weighted by molar-refractivity contribution is 5.47. The maximum atomic E-state index is 5.58. The molecule has 0 radical (unpaired) electrons. The standard InChI is InChI=1S/C17H28N2O2/c1-14(15-8-10-19(2)11-9-15)18-16-4-6-17(7-5-16)21-13-12-20-3/h4-7,14-15,18H,8-13H2,1-3H3. The molecular weight excluding hydrogens is 264 g/mol. The molecule has 0 bridgehead atoms. The first kappa shape index (κ1) is 16.1. The van der Waals surface area contributed by atoms with E-state index < -0.39 is 0 Å². The minimum Gasteiger partial charge on any atom is -0.491 e. The molecule has 0 amide bonds. The summed E-state index contributed by atoms with van der Waals surface area (Å²) in [6, 6.07) is 8.72. The second-order valence-corrected chi connectivity index (χ2v) is 5.94. The molecule has 1 saturated heterocycles. The van der Waals surface area contributed by atoms with Gasteiger partial charge < -0.3 is 19.7 Å². The van der Waals surface area contributed by atoms with E-state index in [1.807, 2.05) is 12.1 Å². The van der Waals surface area contributed by atoms with Crippen molar-refractivity contribution in [3.8, 4) is 5.75 Å². The number of ether oxygens (including phenoxy) is 2. The van der Waals surface area contributed by atoms with Crippen molar-refractivity contribution in [1.82, 2.24) is 4.90 Å². The number of rotatable bonds is 7. The number of nitrogens with zero attached hydrogens (tertiary/aromatic N) is 1. The third kappa shape index (κ3) is 5.21. The summed E-state index contributed by atoms with van der Waals surface area (Å²) in [6.07, 6.45) is 2.56. The van der Waals surface area contributed by atoms with E-state index in [2.05, 4.69) is 36.3 Å². The highest BCUT2D eigenvalue weighted by Crippen LogP contribution is 2.23. The van der Waals surface area contributed by atoms with E-state index >= 15 is 0 Å². The van der Waals surface area contributed by atoms with Crippen molar-refractivity contribution in [2.45, 2.75) is 25.8 Å². The van der Waals surface area contributed by atoms with Crippen LogP contribution in [-0.4, -0.2) is 51.4 Å². The second kappa shape index (κ2) is 8.25. The lowest BCUT2D eigenvalue weighted by molar-refractivity contribution is 0.146. The Morgan fingerprint density at radius 2 is 1.86 bits per heavy atom. The van der Waals surface area contributed by atoms with E-state index in [0.29, 0.717) is 19.3 Å². The van der Waals surface area contributed by atoms with Crippen LogP contribution in [0.25, 0.3) is 0 Å². The average Bonchev–Trinajstić information content (AvgIpc) is 2.50. The first-order valence-electron chi connectivity index (χ1n) is 7.86. The summed E-state index contributed by atoms with van der Waals surface area (Å²) in [6.45, 7) is 5.92. The normalized spacial score (nSPS) is 18.4. The highest BCUT2D eigenvalue weighted by Gasteiger charge is 2.21. The molecule has 0 aliphatic carbocycles. The smallest absolute Gasteiger partial charge is 0.119 e. The molecule has 1 heterocycles. The first-order chi connectivity index (χ1) is 10.2. The fourth-order valence-electron chi connectivity index (χ4n) is 2.80. The van der Waals surface area contributed by atoms with Crippen LogP contribution in [0.1, 0.15) is 19.8 Å². The van der Waals surface area contributed by atoms with Crippen LogP contribution in [0.4, 0.5) is 5.69 Å². The molecule has 1 N–H and O–H groups in total. The van der Waals surface area contributed by atoms with Gasteiger partial charge in [0.05, 0.1) is 6.61 Å². The van der Waals surface area contributed by atoms with Gasteiger partial charge in [0.2, 0.25) is 0 Å². The predicted octanol–water partition coefficient (Wildman–Crippen LogP) is 2.85. The maximum Gasteiger partial charge on any atom is 0.119 e. The van der Waals surface area contributed by atoms with Crippen molar-refractivity contribution >= 4 is 5.69 Å². The zero-order valence-corrected chi connectivity index (χ0v) is 13.5. The molecule has 4 nitrogen and oxygen atoms in total. The monoisotopic (exact) mass is 292 g/mol. The van der Waals surface area contributed by atoms with Crippen LogP contribution < -0.4 is 10.1 Å². The molecule has 4 heteroatoms. The number of nitrogens with one attached hydrogen (secondary N) is 1. The minimum atomic E-state index is 0.513. The number of benzene rings is 1. The van der Waals surface area contributed by atoms with Crippen LogP contribution in [-0.2, 0) is 4.74 Å². The number of piperidine rings is 1. The molecule has 1 aromatic carbocycles. The fraction of sp³-hybridized carbons (Fsp3) is 0.647. The van der Waals surface area contributed by atoms with Crippen LogP contribution in [0, 0.1) is 5.92 Å².